The van der Waals surface area contributed by atoms with Crippen LogP contribution < -0.4 is 0 Å². The van der Waals surface area contributed by atoms with Crippen LogP contribution in [0.4, 0.5) is 4.39 Å². The van der Waals surface area contributed by atoms with E-state index in [2.05, 4.69) is 89.8 Å². The zero-order chi connectivity index (χ0) is 23.6. The van der Waals surface area contributed by atoms with Crippen molar-refractivity contribution in [2.45, 2.75) is 38.0 Å². The zero-order valence-electron chi connectivity index (χ0n) is 20.4. The van der Waals surface area contributed by atoms with E-state index in [4.69, 9.17) is 0 Å². The van der Waals surface area contributed by atoms with Gasteiger partial charge in [-0.1, -0.05) is 90.5 Å². The van der Waals surface area contributed by atoms with Gasteiger partial charge < -0.3 is 0 Å². The second-order valence-electron chi connectivity index (χ2n) is 10.4. The normalized spacial score (nSPS) is 21.8. The van der Waals surface area contributed by atoms with Crippen LogP contribution >= 0.6 is 0 Å². The zero-order valence-corrected chi connectivity index (χ0v) is 20.4. The average Bonchev–Trinajstić information content (AvgIpc) is 3.69. The maximum Gasteiger partial charge on any atom is 0.0906 e. The van der Waals surface area contributed by atoms with Gasteiger partial charge in [0.1, 0.15) is 0 Å². The lowest BCUT2D eigenvalue weighted by Crippen LogP contribution is -2.40. The van der Waals surface area contributed by atoms with Crippen molar-refractivity contribution in [3.05, 3.63) is 118 Å². The number of nitrogens with zero attached hydrogens (tertiary/aromatic N) is 1. The monoisotopic (exact) mass is 463 g/mol. The molecule has 3 aromatic rings. The molecule has 0 N–H and O–H groups in total. The summed E-state index contributed by atoms with van der Waals surface area (Å²) in [6.45, 7) is 2.61. The molecule has 3 aliphatic rings. The van der Waals surface area contributed by atoms with Crippen molar-refractivity contribution in [3.63, 3.8) is 0 Å². The summed E-state index contributed by atoms with van der Waals surface area (Å²) in [4.78, 5) is 2.32. The summed E-state index contributed by atoms with van der Waals surface area (Å²) in [5.41, 5.74) is 11.6. The Hall–Kier alpha value is -2.97. The number of hydrogen-bond donors (Lipinski definition) is 0. The van der Waals surface area contributed by atoms with Gasteiger partial charge >= 0.3 is 0 Å². The molecule has 0 unspecified atom stereocenters. The molecule has 3 aromatic carbocycles. The van der Waals surface area contributed by atoms with E-state index >= 15 is 0 Å². The van der Waals surface area contributed by atoms with Gasteiger partial charge in [0.15, 0.2) is 0 Å². The van der Waals surface area contributed by atoms with Crippen LogP contribution in [0.1, 0.15) is 59.4 Å². The molecule has 0 aromatic heterocycles. The van der Waals surface area contributed by atoms with E-state index in [-0.39, 0.29) is 6.67 Å². The third-order valence-electron chi connectivity index (χ3n) is 8.00. The summed E-state index contributed by atoms with van der Waals surface area (Å²) in [5.74, 6) is 1.32. The highest BCUT2D eigenvalue weighted by Crippen LogP contribution is 2.56. The number of alkyl halides is 1. The van der Waals surface area contributed by atoms with Crippen molar-refractivity contribution in [2.75, 3.05) is 26.3 Å². The van der Waals surface area contributed by atoms with Crippen molar-refractivity contribution in [2.24, 2.45) is 5.92 Å². The minimum atomic E-state index is -0.217. The minimum Gasteiger partial charge on any atom is -0.295 e. The van der Waals surface area contributed by atoms with E-state index in [1.165, 1.54) is 58.2 Å². The van der Waals surface area contributed by atoms with Gasteiger partial charge in [-0.05, 0) is 82.9 Å². The first-order valence-electron chi connectivity index (χ1n) is 13.2. The summed E-state index contributed by atoms with van der Waals surface area (Å²) >= 11 is 0. The Morgan fingerprint density at radius 3 is 2.40 bits per heavy atom. The fraction of sp³-hybridized carbons (Fsp3) is 0.333. The molecular weight excluding hydrogens is 429 g/mol. The molecule has 1 heterocycles. The second kappa shape index (κ2) is 9.95. The first-order valence-corrected chi connectivity index (χ1v) is 13.2. The van der Waals surface area contributed by atoms with Crippen LogP contribution in [0.5, 0.6) is 0 Å². The van der Waals surface area contributed by atoms with E-state index in [1.807, 2.05) is 0 Å². The number of likely N-dealkylation sites (tertiary alicyclic amines) is 1. The Morgan fingerprint density at radius 2 is 1.60 bits per heavy atom. The van der Waals surface area contributed by atoms with Crippen LogP contribution in [0.15, 0.2) is 90.0 Å². The van der Waals surface area contributed by atoms with Crippen molar-refractivity contribution in [1.29, 1.82) is 0 Å². The number of fused-ring (bicyclic) bond motifs is 1. The highest BCUT2D eigenvalue weighted by atomic mass is 19.1. The molecule has 6 rings (SSSR count). The van der Waals surface area contributed by atoms with Crippen molar-refractivity contribution in [1.82, 2.24) is 4.90 Å². The second-order valence-corrected chi connectivity index (χ2v) is 10.4. The number of allylic oxidation sites excluding steroid dienone is 1. The van der Waals surface area contributed by atoms with Crippen LogP contribution in [-0.4, -0.2) is 31.2 Å². The average molecular weight is 464 g/mol. The SMILES string of the molecule is FCCCN1CC(=Cc2ccc(C3=C([C@@H]4C[C@H]4c4ccccc4)CCCc4ccccc43)cc2)C1. The largest absolute Gasteiger partial charge is 0.295 e. The Morgan fingerprint density at radius 1 is 0.829 bits per heavy atom. The molecule has 1 saturated carbocycles. The molecule has 35 heavy (non-hydrogen) atoms. The predicted octanol–water partition coefficient (Wildman–Crippen LogP) is 7.69. The molecule has 0 radical (unpaired) electrons. The third-order valence-corrected chi connectivity index (χ3v) is 8.00. The quantitative estimate of drug-likeness (QED) is 0.347. The summed E-state index contributed by atoms with van der Waals surface area (Å²) in [6.07, 6.45) is 7.82. The standard InChI is InChI=1S/C33H34FN/c34-18-7-19-35-22-25(23-35)20-24-14-16-28(17-15-24)33-29-12-5-4-10-26(29)11-6-13-30(33)32-21-31(32)27-8-2-1-3-9-27/h1-5,8-10,12,14-17,20,31-32H,6-7,11,13,18-19,21-23H2/t31-,32-/m0/s1. The first-order chi connectivity index (χ1) is 17.3. The van der Waals surface area contributed by atoms with E-state index < -0.39 is 0 Å². The van der Waals surface area contributed by atoms with Crippen LogP contribution in [0, 0.1) is 5.92 Å². The molecule has 2 heteroatoms. The molecule has 1 nitrogen and oxygen atoms in total. The van der Waals surface area contributed by atoms with Crippen molar-refractivity contribution < 1.29 is 4.39 Å². The smallest absolute Gasteiger partial charge is 0.0906 e. The summed E-state index contributed by atoms with van der Waals surface area (Å²) < 4.78 is 12.4. The van der Waals surface area contributed by atoms with Crippen LogP contribution in [0.3, 0.4) is 0 Å². The molecular formula is C33H34FN. The maximum atomic E-state index is 12.4. The van der Waals surface area contributed by atoms with E-state index in [0.29, 0.717) is 18.3 Å². The van der Waals surface area contributed by atoms with Gasteiger partial charge in [0, 0.05) is 19.6 Å². The van der Waals surface area contributed by atoms with Gasteiger partial charge in [-0.25, -0.2) is 0 Å². The van der Waals surface area contributed by atoms with Gasteiger partial charge in [-0.15, -0.1) is 0 Å². The summed E-state index contributed by atoms with van der Waals surface area (Å²) in [7, 11) is 0. The van der Waals surface area contributed by atoms with Gasteiger partial charge in [0.25, 0.3) is 0 Å². The molecule has 2 aliphatic carbocycles. The highest BCUT2D eigenvalue weighted by molar-refractivity contribution is 5.85. The summed E-state index contributed by atoms with van der Waals surface area (Å²) in [5, 5.41) is 0. The lowest BCUT2D eigenvalue weighted by molar-refractivity contribution is 0.239. The highest BCUT2D eigenvalue weighted by Gasteiger charge is 2.42. The molecule has 0 amide bonds. The van der Waals surface area contributed by atoms with E-state index in [9.17, 15) is 4.39 Å². The molecule has 0 spiro atoms. The van der Waals surface area contributed by atoms with E-state index in [0.717, 1.165) is 26.1 Å². The fourth-order valence-electron chi connectivity index (χ4n) is 6.15. The topological polar surface area (TPSA) is 3.24 Å². The molecule has 2 fully saturated rings. The Balaban J connectivity index is 1.30. The Labute approximate surface area is 209 Å². The number of rotatable bonds is 7. The van der Waals surface area contributed by atoms with E-state index in [1.54, 1.807) is 5.57 Å². The van der Waals surface area contributed by atoms with Crippen LogP contribution in [0.25, 0.3) is 11.6 Å². The molecule has 1 saturated heterocycles. The van der Waals surface area contributed by atoms with Gasteiger partial charge in [-0.3, -0.25) is 9.29 Å². The number of halogens is 1. The molecule has 2 atom stereocenters. The summed E-state index contributed by atoms with van der Waals surface area (Å²) in [6, 6.07) is 29.4. The Bertz CT molecular complexity index is 1230. The minimum absolute atomic E-state index is 0.217. The van der Waals surface area contributed by atoms with Gasteiger partial charge in [-0.2, -0.15) is 0 Å². The third kappa shape index (κ3) is 4.77. The van der Waals surface area contributed by atoms with Crippen LogP contribution in [0.2, 0.25) is 0 Å². The molecule has 178 valence electrons. The maximum absolute atomic E-state index is 12.4. The predicted molar refractivity (Wildman–Crippen MR) is 144 cm³/mol. The molecule has 0 bridgehead atoms. The Kier molecular flexibility index (Phi) is 6.39. The lowest BCUT2D eigenvalue weighted by Gasteiger charge is -2.33. The van der Waals surface area contributed by atoms with Gasteiger partial charge in [0.2, 0.25) is 0 Å². The van der Waals surface area contributed by atoms with Crippen molar-refractivity contribution in [3.8, 4) is 0 Å². The van der Waals surface area contributed by atoms with Crippen LogP contribution in [-0.2, 0) is 6.42 Å². The number of benzene rings is 3. The van der Waals surface area contributed by atoms with Crippen molar-refractivity contribution >= 4 is 11.6 Å². The number of hydrogen-bond acceptors (Lipinski definition) is 1. The molecule has 1 aliphatic heterocycles. The number of aryl methyl sites for hydroxylation is 1. The van der Waals surface area contributed by atoms with Gasteiger partial charge in [0.05, 0.1) is 6.67 Å². The lowest BCUT2D eigenvalue weighted by atomic mass is 9.87. The first kappa shape index (κ1) is 22.5. The fourth-order valence-corrected chi connectivity index (χ4v) is 6.15.